The first-order valence-corrected chi connectivity index (χ1v) is 8.64. The lowest BCUT2D eigenvalue weighted by Gasteiger charge is -2.10. The van der Waals surface area contributed by atoms with Crippen LogP contribution in [0.25, 0.3) is 54.5 Å². The lowest BCUT2D eigenvalue weighted by Crippen LogP contribution is -1.84. The van der Waals surface area contributed by atoms with Crippen molar-refractivity contribution in [2.24, 2.45) is 0 Å². The zero-order valence-corrected chi connectivity index (χ0v) is 13.6. The largest absolute Gasteiger partial charge is 0.354 e. The Labute approximate surface area is 144 Å². The van der Waals surface area contributed by atoms with Gasteiger partial charge in [0.05, 0.1) is 0 Å². The molecule has 1 nitrogen and oxygen atoms in total. The molecule has 0 aliphatic rings. The molecular weight excluding hydrogens is 302 g/mol. The zero-order chi connectivity index (χ0) is 16.4. The summed E-state index contributed by atoms with van der Waals surface area (Å²) in [6, 6.07) is 30.6. The molecule has 5 aromatic carbocycles. The number of hydrogen-bond acceptors (Lipinski definition) is 0. The van der Waals surface area contributed by atoms with E-state index in [9.17, 15) is 0 Å². The monoisotopic (exact) mass is 317 g/mol. The van der Waals surface area contributed by atoms with Gasteiger partial charge in [-0.3, -0.25) is 0 Å². The Morgan fingerprint density at radius 3 is 1.96 bits per heavy atom. The maximum atomic E-state index is 3.64. The van der Waals surface area contributed by atoms with E-state index in [1.165, 1.54) is 54.5 Å². The Balaban J connectivity index is 1.91. The Bertz CT molecular complexity index is 1370. The molecule has 0 saturated heterocycles. The second kappa shape index (κ2) is 4.61. The maximum absolute atomic E-state index is 3.64. The van der Waals surface area contributed by atoms with Gasteiger partial charge < -0.3 is 4.98 Å². The molecule has 116 valence electrons. The highest BCUT2D eigenvalue weighted by molar-refractivity contribution is 6.34. The normalized spacial score (nSPS) is 12.0. The molecule has 0 aliphatic heterocycles. The summed E-state index contributed by atoms with van der Waals surface area (Å²) in [6.07, 6.45) is 0. The van der Waals surface area contributed by atoms with Gasteiger partial charge in [-0.15, -0.1) is 0 Å². The first-order valence-electron chi connectivity index (χ1n) is 8.64. The predicted molar refractivity (Wildman–Crippen MR) is 107 cm³/mol. The molecule has 6 rings (SSSR count). The second-order valence-corrected chi connectivity index (χ2v) is 6.71. The van der Waals surface area contributed by atoms with Gasteiger partial charge in [0.1, 0.15) is 0 Å². The molecule has 0 amide bonds. The molecule has 1 N–H and O–H groups in total. The molecule has 1 heteroatoms. The highest BCUT2D eigenvalue weighted by Crippen LogP contribution is 2.42. The summed E-state index contributed by atoms with van der Waals surface area (Å²) in [7, 11) is 0. The van der Waals surface area contributed by atoms with E-state index in [0.717, 1.165) is 0 Å². The van der Waals surface area contributed by atoms with Gasteiger partial charge in [0.2, 0.25) is 0 Å². The minimum atomic E-state index is 1.22. The van der Waals surface area contributed by atoms with E-state index < -0.39 is 0 Å². The molecule has 1 aromatic heterocycles. The Kier molecular flexibility index (Phi) is 2.40. The highest BCUT2D eigenvalue weighted by Gasteiger charge is 2.16. The summed E-state index contributed by atoms with van der Waals surface area (Å²) in [4.78, 5) is 3.64. The van der Waals surface area contributed by atoms with E-state index in [-0.39, 0.29) is 0 Å². The average Bonchev–Trinajstić information content (AvgIpc) is 3.06. The average molecular weight is 317 g/mol. The zero-order valence-electron chi connectivity index (χ0n) is 13.6. The molecule has 0 bridgehead atoms. The maximum Gasteiger partial charge on any atom is 0.0477 e. The van der Waals surface area contributed by atoms with Crippen LogP contribution in [-0.2, 0) is 0 Å². The van der Waals surface area contributed by atoms with Crippen LogP contribution in [0.1, 0.15) is 0 Å². The van der Waals surface area contributed by atoms with Gasteiger partial charge >= 0.3 is 0 Å². The third-order valence-electron chi connectivity index (χ3n) is 5.34. The molecule has 0 unspecified atom stereocenters. The molecular formula is C24H15N. The molecule has 0 fully saturated rings. The van der Waals surface area contributed by atoms with E-state index in [4.69, 9.17) is 0 Å². The van der Waals surface area contributed by atoms with Crippen LogP contribution >= 0.6 is 0 Å². The van der Waals surface area contributed by atoms with Crippen molar-refractivity contribution in [1.82, 2.24) is 4.98 Å². The third-order valence-corrected chi connectivity index (χ3v) is 5.34. The number of fused-ring (bicyclic) bond motifs is 3. The van der Waals surface area contributed by atoms with E-state index in [1.807, 2.05) is 0 Å². The van der Waals surface area contributed by atoms with Crippen LogP contribution < -0.4 is 0 Å². The van der Waals surface area contributed by atoms with Crippen molar-refractivity contribution in [3.05, 3.63) is 84.9 Å². The van der Waals surface area contributed by atoms with Crippen molar-refractivity contribution in [2.45, 2.75) is 0 Å². The first-order chi connectivity index (χ1) is 12.4. The van der Waals surface area contributed by atoms with Crippen molar-refractivity contribution in [3.63, 3.8) is 0 Å². The van der Waals surface area contributed by atoms with E-state index in [1.54, 1.807) is 0 Å². The van der Waals surface area contributed by atoms with Crippen LogP contribution in [0.3, 0.4) is 0 Å². The Hall–Kier alpha value is -3.32. The number of nitrogens with one attached hydrogen (secondary N) is 1. The van der Waals surface area contributed by atoms with Crippen molar-refractivity contribution >= 4 is 43.4 Å². The van der Waals surface area contributed by atoms with Crippen LogP contribution in [0.5, 0.6) is 0 Å². The van der Waals surface area contributed by atoms with Gasteiger partial charge in [-0.1, -0.05) is 66.7 Å². The number of H-pyrrole nitrogens is 1. The van der Waals surface area contributed by atoms with Crippen LogP contribution in [0.4, 0.5) is 0 Å². The minimum Gasteiger partial charge on any atom is -0.354 e. The van der Waals surface area contributed by atoms with Crippen LogP contribution in [-0.4, -0.2) is 4.98 Å². The van der Waals surface area contributed by atoms with Gasteiger partial charge in [-0.25, -0.2) is 0 Å². The Morgan fingerprint density at radius 1 is 0.440 bits per heavy atom. The molecule has 1 heterocycles. The SMILES string of the molecule is c1ccc(-c2cc3[nH]c4cccc5c6ccccc6c(c2)c3c45)cc1. The van der Waals surface area contributed by atoms with Gasteiger partial charge in [-0.05, 0) is 50.9 Å². The lowest BCUT2D eigenvalue weighted by molar-refractivity contribution is 1.55. The number of aromatic nitrogens is 1. The van der Waals surface area contributed by atoms with Crippen molar-refractivity contribution < 1.29 is 0 Å². The molecule has 0 saturated carbocycles. The first kappa shape index (κ1) is 13.0. The summed E-state index contributed by atoms with van der Waals surface area (Å²) in [5.41, 5.74) is 4.94. The second-order valence-electron chi connectivity index (χ2n) is 6.71. The summed E-state index contributed by atoms with van der Waals surface area (Å²) in [5.74, 6) is 0. The molecule has 6 aromatic rings. The molecule has 25 heavy (non-hydrogen) atoms. The van der Waals surface area contributed by atoms with Crippen LogP contribution in [0.15, 0.2) is 84.9 Å². The topological polar surface area (TPSA) is 15.8 Å². The van der Waals surface area contributed by atoms with Gasteiger partial charge in [0, 0.05) is 21.8 Å². The third kappa shape index (κ3) is 1.67. The van der Waals surface area contributed by atoms with Gasteiger partial charge in [0.25, 0.3) is 0 Å². The van der Waals surface area contributed by atoms with E-state index in [2.05, 4.69) is 89.9 Å². The van der Waals surface area contributed by atoms with E-state index in [0.29, 0.717) is 0 Å². The number of rotatable bonds is 1. The fourth-order valence-corrected chi connectivity index (χ4v) is 4.27. The summed E-state index contributed by atoms with van der Waals surface area (Å²) >= 11 is 0. The van der Waals surface area contributed by atoms with Crippen LogP contribution in [0.2, 0.25) is 0 Å². The summed E-state index contributed by atoms with van der Waals surface area (Å²) in [6.45, 7) is 0. The number of aromatic amines is 1. The highest BCUT2D eigenvalue weighted by atomic mass is 14.7. The summed E-state index contributed by atoms with van der Waals surface area (Å²) < 4.78 is 0. The number of benzene rings is 5. The van der Waals surface area contributed by atoms with Crippen molar-refractivity contribution in [2.75, 3.05) is 0 Å². The standard InChI is InChI=1S/C24H15N/c1-2-7-15(8-3-1)16-13-20-18-10-5-4-9-17(18)19-11-6-12-21-23(19)24(20)22(14-16)25-21/h1-14,25H. The number of hydrogen-bond donors (Lipinski definition) is 1. The predicted octanol–water partition coefficient (Wildman–Crippen LogP) is 6.73. The van der Waals surface area contributed by atoms with Gasteiger partial charge in [-0.2, -0.15) is 0 Å². The molecule has 0 atom stereocenters. The fourth-order valence-electron chi connectivity index (χ4n) is 4.27. The summed E-state index contributed by atoms with van der Waals surface area (Å²) in [5, 5.41) is 8.02. The Morgan fingerprint density at radius 2 is 1.12 bits per heavy atom. The molecule has 0 radical (unpaired) electrons. The van der Waals surface area contributed by atoms with Crippen molar-refractivity contribution in [1.29, 1.82) is 0 Å². The van der Waals surface area contributed by atoms with E-state index >= 15 is 0 Å². The quantitative estimate of drug-likeness (QED) is 0.323. The van der Waals surface area contributed by atoms with Crippen molar-refractivity contribution in [3.8, 4) is 11.1 Å². The lowest BCUT2D eigenvalue weighted by atomic mass is 9.92. The smallest absolute Gasteiger partial charge is 0.0477 e. The molecule has 0 spiro atoms. The fraction of sp³-hybridized carbons (Fsp3) is 0. The van der Waals surface area contributed by atoms with Crippen LogP contribution in [0, 0.1) is 0 Å². The minimum absolute atomic E-state index is 1.22. The molecule has 0 aliphatic carbocycles. The van der Waals surface area contributed by atoms with Gasteiger partial charge in [0.15, 0.2) is 0 Å².